The molecular weight excluding hydrogens is 254 g/mol. The molecule has 2 N–H and O–H groups in total. The van der Waals surface area contributed by atoms with Gasteiger partial charge in [-0.25, -0.2) is 0 Å². The van der Waals surface area contributed by atoms with E-state index in [2.05, 4.69) is 7.26 Å². The number of hydrogen-bond donors (Lipinski definition) is 2. The van der Waals surface area contributed by atoms with Crippen molar-refractivity contribution in [3.63, 3.8) is 0 Å². The summed E-state index contributed by atoms with van der Waals surface area (Å²) in [6.07, 6.45) is 0. The first-order valence-corrected chi connectivity index (χ1v) is 4.60. The zero-order valence-corrected chi connectivity index (χ0v) is 6.61. The molecule has 0 saturated heterocycles. The normalized spacial score (nSPS) is 16.5. The van der Waals surface area contributed by atoms with Crippen LogP contribution in [0.3, 0.4) is 0 Å². The van der Waals surface area contributed by atoms with E-state index in [1.807, 2.05) is 0 Å². The molecule has 0 heterocycles. The fourth-order valence-electron chi connectivity index (χ4n) is 0.106. The molecule has 0 saturated carbocycles. The van der Waals surface area contributed by atoms with Crippen LogP contribution in [0.1, 0.15) is 0 Å². The van der Waals surface area contributed by atoms with Crippen molar-refractivity contribution in [2.24, 2.45) is 0 Å². The Bertz CT molecular complexity index is 159. The van der Waals surface area contributed by atoms with Gasteiger partial charge < -0.3 is 0 Å². The Kier molecular flexibility index (Phi) is 18.8. The minimum atomic E-state index is -2.78. The summed E-state index contributed by atoms with van der Waals surface area (Å²) in [4.78, 5) is 0. The first-order valence-electron chi connectivity index (χ1n) is 1.53. The van der Waals surface area contributed by atoms with Crippen LogP contribution < -0.4 is 0 Å². The van der Waals surface area contributed by atoms with Crippen molar-refractivity contribution in [2.75, 3.05) is 0 Å². The van der Waals surface area contributed by atoms with Gasteiger partial charge in [0.1, 0.15) is 0 Å². The molecule has 0 rings (SSSR count). The van der Waals surface area contributed by atoms with E-state index in [4.69, 9.17) is 9.11 Å². The Labute approximate surface area is 120 Å². The maximum absolute atomic E-state index is 10.0. The van der Waals surface area contributed by atoms with Crippen LogP contribution in [0.5, 0.6) is 0 Å². The van der Waals surface area contributed by atoms with Gasteiger partial charge in [0.2, 0.25) is 0 Å². The standard InChI is InChI=1S/2Na.H2O7S3.2H/c;;1-8(2)6-10(5)7-9(3)4;;/h;;(H,1,2)(H,3,4);;. The molecule has 0 aliphatic carbocycles. The van der Waals surface area contributed by atoms with Crippen LogP contribution in [-0.4, -0.2) is 80.8 Å². The summed E-state index contributed by atoms with van der Waals surface area (Å²) in [6.45, 7) is 0. The quantitative estimate of drug-likeness (QED) is 0.426. The second kappa shape index (κ2) is 11.4. The molecule has 0 bridgehead atoms. The van der Waals surface area contributed by atoms with E-state index in [1.165, 1.54) is 0 Å². The van der Waals surface area contributed by atoms with Crippen LogP contribution in [0.15, 0.2) is 0 Å². The van der Waals surface area contributed by atoms with Gasteiger partial charge in [0, 0.05) is 0 Å². The molecule has 0 radical (unpaired) electrons. The predicted octanol–water partition coefficient (Wildman–Crippen LogP) is -2.43. The van der Waals surface area contributed by atoms with Crippen LogP contribution in [0.2, 0.25) is 0 Å². The van der Waals surface area contributed by atoms with Gasteiger partial charge in [-0.1, -0.05) is 0 Å². The van der Waals surface area contributed by atoms with Crippen molar-refractivity contribution in [3.8, 4) is 0 Å². The van der Waals surface area contributed by atoms with Gasteiger partial charge in [0.15, 0.2) is 0 Å². The Hall–Kier alpha value is 2.29. The van der Waals surface area contributed by atoms with Crippen molar-refractivity contribution < 1.29 is 29.0 Å². The summed E-state index contributed by atoms with van der Waals surface area (Å²) in [6, 6.07) is 0. The molecule has 66 valence electrons. The van der Waals surface area contributed by atoms with Gasteiger partial charge in [-0.3, -0.25) is 9.11 Å². The summed E-state index contributed by atoms with van der Waals surface area (Å²) >= 11 is -8.25. The SMILES string of the molecule is O=S(O)OS(=O)OS(=O)O.[NaH].[NaH]. The summed E-state index contributed by atoms with van der Waals surface area (Å²) in [5.74, 6) is 0. The first-order chi connectivity index (χ1) is 4.52. The van der Waals surface area contributed by atoms with Gasteiger partial charge >= 0.3 is 93.2 Å². The van der Waals surface area contributed by atoms with Crippen molar-refractivity contribution >= 4 is 93.2 Å². The average Bonchev–Trinajstić information content (AvgIpc) is 1.58. The van der Waals surface area contributed by atoms with Crippen molar-refractivity contribution in [2.45, 2.75) is 0 Å². The van der Waals surface area contributed by atoms with E-state index in [0.717, 1.165) is 0 Å². The molecule has 2 unspecified atom stereocenters. The van der Waals surface area contributed by atoms with Gasteiger partial charge in [-0.2, -0.15) is 12.6 Å². The van der Waals surface area contributed by atoms with Gasteiger partial charge in [0.25, 0.3) is 0 Å². The molecular formula is H4Na2O7S3. The number of hydrogen-bond acceptors (Lipinski definition) is 5. The molecule has 0 aromatic carbocycles. The second-order valence-corrected chi connectivity index (χ2v) is 3.14. The van der Waals surface area contributed by atoms with Crippen molar-refractivity contribution in [3.05, 3.63) is 0 Å². The fourth-order valence-corrected chi connectivity index (χ4v) is 1.16. The molecule has 7 nitrogen and oxygen atoms in total. The third-order valence-corrected chi connectivity index (χ3v) is 2.05. The first kappa shape index (κ1) is 19.8. The Morgan fingerprint density at radius 2 is 1.08 bits per heavy atom. The van der Waals surface area contributed by atoms with Gasteiger partial charge in [-0.05, 0) is 0 Å². The topological polar surface area (TPSA) is 110 Å². The van der Waals surface area contributed by atoms with Crippen LogP contribution in [-0.2, 0) is 41.3 Å². The van der Waals surface area contributed by atoms with E-state index in [-0.39, 0.29) is 59.1 Å². The molecule has 0 spiro atoms. The van der Waals surface area contributed by atoms with Crippen LogP contribution in [0.4, 0.5) is 0 Å². The Morgan fingerprint density at radius 1 is 0.833 bits per heavy atom. The number of rotatable bonds is 4. The van der Waals surface area contributed by atoms with E-state index in [1.54, 1.807) is 0 Å². The second-order valence-electron chi connectivity index (χ2n) is 0.774. The molecule has 2 atom stereocenters. The molecule has 0 aromatic heterocycles. The van der Waals surface area contributed by atoms with Crippen molar-refractivity contribution in [1.82, 2.24) is 0 Å². The monoisotopic (exact) mass is 258 g/mol. The predicted molar refractivity (Wildman–Crippen MR) is 46.2 cm³/mol. The Balaban J connectivity index is -0.000000405. The van der Waals surface area contributed by atoms with E-state index >= 15 is 0 Å². The summed E-state index contributed by atoms with van der Waals surface area (Å²) < 4.78 is 51.9. The molecule has 0 aliphatic heterocycles. The average molecular weight is 258 g/mol. The fraction of sp³-hybridized carbons (Fsp3) is 0. The van der Waals surface area contributed by atoms with Crippen LogP contribution >= 0.6 is 0 Å². The molecule has 12 heavy (non-hydrogen) atoms. The molecule has 0 aromatic rings. The zero-order chi connectivity index (χ0) is 8.15. The van der Waals surface area contributed by atoms with E-state index in [9.17, 15) is 12.6 Å². The third-order valence-electron chi connectivity index (χ3n) is 0.228. The maximum atomic E-state index is 10.0. The van der Waals surface area contributed by atoms with Crippen LogP contribution in [0, 0.1) is 0 Å². The van der Waals surface area contributed by atoms with E-state index < -0.39 is 34.1 Å². The van der Waals surface area contributed by atoms with Crippen LogP contribution in [0.25, 0.3) is 0 Å². The van der Waals surface area contributed by atoms with E-state index in [0.29, 0.717) is 0 Å². The molecule has 0 fully saturated rings. The summed E-state index contributed by atoms with van der Waals surface area (Å²) in [5.41, 5.74) is 0. The van der Waals surface area contributed by atoms with Gasteiger partial charge in [0.05, 0.1) is 0 Å². The molecule has 0 aliphatic rings. The van der Waals surface area contributed by atoms with Crippen molar-refractivity contribution in [1.29, 1.82) is 0 Å². The summed E-state index contributed by atoms with van der Waals surface area (Å²) in [7, 11) is 0. The third kappa shape index (κ3) is 14.8. The molecule has 0 amide bonds. The summed E-state index contributed by atoms with van der Waals surface area (Å²) in [5, 5.41) is 0. The zero-order valence-electron chi connectivity index (χ0n) is 4.16. The Morgan fingerprint density at radius 3 is 1.25 bits per heavy atom. The van der Waals surface area contributed by atoms with Gasteiger partial charge in [-0.15, -0.1) is 7.26 Å². The molecule has 12 heteroatoms. The minimum absolute atomic E-state index is 0.